The number of rotatable bonds is 5. The quantitative estimate of drug-likeness (QED) is 0.751. The molecule has 1 rings (SSSR count). The van der Waals surface area contributed by atoms with E-state index in [4.69, 9.17) is 0 Å². The second kappa shape index (κ2) is 6.36. The Hall–Kier alpha value is -0.610. The Morgan fingerprint density at radius 3 is 2.65 bits per heavy atom. The number of aliphatic hydroxyl groups is 1. The van der Waals surface area contributed by atoms with Gasteiger partial charge in [0.05, 0.1) is 13.2 Å². The van der Waals surface area contributed by atoms with E-state index in [2.05, 4.69) is 31.0 Å². The van der Waals surface area contributed by atoms with Crippen LogP contribution in [-0.2, 0) is 4.79 Å². The molecule has 0 bridgehead atoms. The molecule has 0 aromatic carbocycles. The van der Waals surface area contributed by atoms with E-state index in [-0.39, 0.29) is 24.6 Å². The summed E-state index contributed by atoms with van der Waals surface area (Å²) in [5.41, 5.74) is 0. The van der Waals surface area contributed by atoms with Gasteiger partial charge in [-0.1, -0.05) is 20.8 Å². The molecule has 3 atom stereocenters. The van der Waals surface area contributed by atoms with Gasteiger partial charge in [0, 0.05) is 12.1 Å². The van der Waals surface area contributed by atoms with Crippen LogP contribution in [0.1, 0.15) is 34.1 Å². The molecule has 0 radical (unpaired) electrons. The van der Waals surface area contributed by atoms with Crippen LogP contribution in [0, 0.1) is 11.8 Å². The highest BCUT2D eigenvalue weighted by Crippen LogP contribution is 2.22. The number of hydrogen-bond acceptors (Lipinski definition) is 3. The summed E-state index contributed by atoms with van der Waals surface area (Å²) >= 11 is 0. The first-order chi connectivity index (χ1) is 7.95. The number of hydrogen-bond donors (Lipinski definition) is 2. The Bertz CT molecular complexity index is 256. The molecule has 1 amide bonds. The van der Waals surface area contributed by atoms with Crippen LogP contribution in [0.3, 0.4) is 0 Å². The first-order valence-electron chi connectivity index (χ1n) is 6.60. The van der Waals surface area contributed by atoms with Crippen LogP contribution < -0.4 is 5.32 Å². The topological polar surface area (TPSA) is 52.6 Å². The van der Waals surface area contributed by atoms with Gasteiger partial charge in [-0.2, -0.15) is 0 Å². The van der Waals surface area contributed by atoms with Crippen molar-refractivity contribution >= 4 is 5.91 Å². The van der Waals surface area contributed by atoms with Crippen molar-refractivity contribution in [3.8, 4) is 0 Å². The Kier molecular flexibility index (Phi) is 5.40. The predicted molar refractivity (Wildman–Crippen MR) is 68.7 cm³/mol. The molecule has 17 heavy (non-hydrogen) atoms. The van der Waals surface area contributed by atoms with Crippen LogP contribution in [0.4, 0.5) is 0 Å². The third-order valence-electron chi connectivity index (χ3n) is 3.92. The molecule has 2 N–H and O–H groups in total. The monoisotopic (exact) mass is 242 g/mol. The number of carbonyl (C=O) groups excluding carboxylic acids is 1. The van der Waals surface area contributed by atoms with Crippen molar-refractivity contribution in [3.63, 3.8) is 0 Å². The van der Waals surface area contributed by atoms with Gasteiger partial charge in [-0.3, -0.25) is 9.69 Å². The number of carbonyl (C=O) groups is 1. The van der Waals surface area contributed by atoms with E-state index in [1.165, 1.54) is 0 Å². The van der Waals surface area contributed by atoms with Crippen molar-refractivity contribution in [3.05, 3.63) is 0 Å². The minimum absolute atomic E-state index is 0.0683. The molecular weight excluding hydrogens is 216 g/mol. The molecule has 1 aliphatic heterocycles. The summed E-state index contributed by atoms with van der Waals surface area (Å²) in [5.74, 6) is 0.999. The van der Waals surface area contributed by atoms with E-state index in [0.29, 0.717) is 18.4 Å². The molecule has 3 unspecified atom stereocenters. The molecule has 0 saturated carbocycles. The SMILES string of the molecule is CC(C)C(C)NC(=O)CN1CCC(C)C1CO. The molecule has 0 aliphatic carbocycles. The van der Waals surface area contributed by atoms with Crippen molar-refractivity contribution in [1.29, 1.82) is 0 Å². The maximum atomic E-state index is 11.8. The van der Waals surface area contributed by atoms with E-state index in [1.54, 1.807) is 0 Å². The minimum Gasteiger partial charge on any atom is -0.395 e. The number of likely N-dealkylation sites (tertiary alicyclic amines) is 1. The number of nitrogens with zero attached hydrogens (tertiary/aromatic N) is 1. The van der Waals surface area contributed by atoms with Crippen LogP contribution in [-0.4, -0.2) is 47.7 Å². The second-order valence-electron chi connectivity index (χ2n) is 5.59. The lowest BCUT2D eigenvalue weighted by molar-refractivity contribution is -0.123. The van der Waals surface area contributed by atoms with Crippen LogP contribution in [0.2, 0.25) is 0 Å². The third kappa shape index (κ3) is 3.96. The predicted octanol–water partition coefficient (Wildman–Crippen LogP) is 0.850. The van der Waals surface area contributed by atoms with Crippen LogP contribution in [0.15, 0.2) is 0 Å². The molecule has 1 heterocycles. The summed E-state index contributed by atoms with van der Waals surface area (Å²) < 4.78 is 0. The highest BCUT2D eigenvalue weighted by molar-refractivity contribution is 5.78. The summed E-state index contributed by atoms with van der Waals surface area (Å²) in [6.45, 7) is 9.82. The molecule has 4 heteroatoms. The fourth-order valence-electron chi connectivity index (χ4n) is 2.23. The molecule has 0 aromatic heterocycles. The minimum atomic E-state index is 0.0683. The lowest BCUT2D eigenvalue weighted by Crippen LogP contribution is -2.45. The molecule has 0 aromatic rings. The molecule has 1 saturated heterocycles. The van der Waals surface area contributed by atoms with Crippen molar-refractivity contribution in [2.75, 3.05) is 19.7 Å². The average Bonchev–Trinajstić information content (AvgIpc) is 2.58. The second-order valence-corrected chi connectivity index (χ2v) is 5.59. The van der Waals surface area contributed by atoms with Gasteiger partial charge in [-0.25, -0.2) is 0 Å². The Labute approximate surface area is 104 Å². The maximum absolute atomic E-state index is 11.8. The average molecular weight is 242 g/mol. The molecule has 0 spiro atoms. The fourth-order valence-corrected chi connectivity index (χ4v) is 2.23. The summed E-state index contributed by atoms with van der Waals surface area (Å²) in [6, 6.07) is 0.352. The van der Waals surface area contributed by atoms with Crippen LogP contribution in [0.25, 0.3) is 0 Å². The van der Waals surface area contributed by atoms with E-state index in [0.717, 1.165) is 13.0 Å². The van der Waals surface area contributed by atoms with E-state index < -0.39 is 0 Å². The maximum Gasteiger partial charge on any atom is 0.234 e. The molecule has 1 aliphatic rings. The Morgan fingerprint density at radius 1 is 1.47 bits per heavy atom. The van der Waals surface area contributed by atoms with E-state index in [9.17, 15) is 9.90 Å². The zero-order chi connectivity index (χ0) is 13.0. The number of amides is 1. The van der Waals surface area contributed by atoms with Gasteiger partial charge in [0.2, 0.25) is 5.91 Å². The fraction of sp³-hybridized carbons (Fsp3) is 0.923. The zero-order valence-corrected chi connectivity index (χ0v) is 11.4. The largest absolute Gasteiger partial charge is 0.395 e. The van der Waals surface area contributed by atoms with Crippen molar-refractivity contribution in [2.45, 2.75) is 46.2 Å². The van der Waals surface area contributed by atoms with Crippen LogP contribution >= 0.6 is 0 Å². The first-order valence-corrected chi connectivity index (χ1v) is 6.60. The summed E-state index contributed by atoms with van der Waals surface area (Å²) in [4.78, 5) is 13.9. The molecule has 4 nitrogen and oxygen atoms in total. The van der Waals surface area contributed by atoms with Gasteiger partial charge in [-0.05, 0) is 31.7 Å². The standard InChI is InChI=1S/C13H26N2O2/c1-9(2)11(4)14-13(17)7-15-6-5-10(3)12(15)8-16/h9-12,16H,5-8H2,1-4H3,(H,14,17). The highest BCUT2D eigenvalue weighted by atomic mass is 16.3. The van der Waals surface area contributed by atoms with Gasteiger partial charge in [0.15, 0.2) is 0 Å². The van der Waals surface area contributed by atoms with Crippen molar-refractivity contribution in [2.24, 2.45) is 11.8 Å². The van der Waals surface area contributed by atoms with Crippen LogP contribution in [0.5, 0.6) is 0 Å². The van der Waals surface area contributed by atoms with Gasteiger partial charge in [0.25, 0.3) is 0 Å². The van der Waals surface area contributed by atoms with Crippen molar-refractivity contribution in [1.82, 2.24) is 10.2 Å². The normalized spacial score (nSPS) is 27.4. The van der Waals surface area contributed by atoms with Crippen molar-refractivity contribution < 1.29 is 9.90 Å². The first kappa shape index (κ1) is 14.5. The molecule has 1 fully saturated rings. The van der Waals surface area contributed by atoms with Gasteiger partial charge >= 0.3 is 0 Å². The summed E-state index contributed by atoms with van der Waals surface area (Å²) in [7, 11) is 0. The zero-order valence-electron chi connectivity index (χ0n) is 11.4. The smallest absolute Gasteiger partial charge is 0.234 e. The molecular formula is C13H26N2O2. The highest BCUT2D eigenvalue weighted by Gasteiger charge is 2.31. The summed E-state index contributed by atoms with van der Waals surface area (Å²) in [6.07, 6.45) is 1.07. The third-order valence-corrected chi connectivity index (χ3v) is 3.92. The summed E-state index contributed by atoms with van der Waals surface area (Å²) in [5, 5.41) is 12.3. The number of aliphatic hydroxyl groups excluding tert-OH is 1. The van der Waals surface area contributed by atoms with Gasteiger partial charge < -0.3 is 10.4 Å². The lowest BCUT2D eigenvalue weighted by Gasteiger charge is -2.25. The Morgan fingerprint density at radius 2 is 2.12 bits per heavy atom. The van der Waals surface area contributed by atoms with Gasteiger partial charge in [-0.15, -0.1) is 0 Å². The Balaban J connectivity index is 2.41. The molecule has 100 valence electrons. The van der Waals surface area contributed by atoms with E-state index >= 15 is 0 Å². The number of nitrogens with one attached hydrogen (secondary N) is 1. The van der Waals surface area contributed by atoms with E-state index in [1.807, 2.05) is 6.92 Å². The van der Waals surface area contributed by atoms with Gasteiger partial charge in [0.1, 0.15) is 0 Å². The lowest BCUT2D eigenvalue weighted by atomic mass is 10.0.